The van der Waals surface area contributed by atoms with Crippen LogP contribution in [0, 0.1) is 6.92 Å². The third-order valence-corrected chi connectivity index (χ3v) is 4.28. The van der Waals surface area contributed by atoms with E-state index in [0.29, 0.717) is 12.0 Å². The van der Waals surface area contributed by atoms with Crippen LogP contribution in [0.3, 0.4) is 0 Å². The first-order valence-electron chi connectivity index (χ1n) is 7.90. The molecule has 24 heavy (non-hydrogen) atoms. The lowest BCUT2D eigenvalue weighted by Gasteiger charge is -2.24. The first-order valence-corrected chi connectivity index (χ1v) is 7.90. The van der Waals surface area contributed by atoms with Gasteiger partial charge in [0.2, 0.25) is 0 Å². The molecule has 0 saturated carbocycles. The molecule has 0 aliphatic carbocycles. The number of rotatable bonds is 4. The van der Waals surface area contributed by atoms with E-state index in [1.54, 1.807) is 10.9 Å². The van der Waals surface area contributed by atoms with E-state index in [-0.39, 0.29) is 19.1 Å². The summed E-state index contributed by atoms with van der Waals surface area (Å²) in [5.41, 5.74) is 3.46. The highest BCUT2D eigenvalue weighted by atomic mass is 16.6. The fraction of sp³-hybridized carbons (Fsp3) is 0.389. The van der Waals surface area contributed by atoms with Crippen LogP contribution in [0.25, 0.3) is 11.3 Å². The highest BCUT2D eigenvalue weighted by Gasteiger charge is 2.44. The number of nitrogens with zero attached hydrogens (tertiary/aromatic N) is 3. The molecule has 1 fully saturated rings. The van der Waals surface area contributed by atoms with Gasteiger partial charge in [-0.3, -0.25) is 0 Å². The highest BCUT2D eigenvalue weighted by Crippen LogP contribution is 2.34. The van der Waals surface area contributed by atoms with Crippen molar-refractivity contribution in [2.24, 2.45) is 0 Å². The molecule has 6 nitrogen and oxygen atoms in total. The number of hydrogen-bond acceptors (Lipinski definition) is 5. The Kier molecular flexibility index (Phi) is 4.24. The van der Waals surface area contributed by atoms with E-state index in [1.165, 1.54) is 5.56 Å². The topological polar surface area (TPSA) is 77.2 Å². The molecule has 1 saturated heterocycles. The lowest BCUT2D eigenvalue weighted by atomic mass is 9.96. The minimum absolute atomic E-state index is 0.255. The molecular weight excluding hydrogens is 306 g/mol. The predicted octanol–water partition coefficient (Wildman–Crippen LogP) is 2.27. The van der Waals surface area contributed by atoms with Gasteiger partial charge in [-0.1, -0.05) is 40.6 Å². The maximum Gasteiger partial charge on any atom is 0.334 e. The Morgan fingerprint density at radius 1 is 1.33 bits per heavy atom. The number of hydrogen-bond donors (Lipinski definition) is 1. The molecule has 0 spiro atoms. The van der Waals surface area contributed by atoms with E-state index in [0.717, 1.165) is 16.8 Å². The van der Waals surface area contributed by atoms with Gasteiger partial charge >= 0.3 is 5.97 Å². The van der Waals surface area contributed by atoms with Crippen LogP contribution in [0.4, 0.5) is 0 Å². The fourth-order valence-electron chi connectivity index (χ4n) is 2.82. The van der Waals surface area contributed by atoms with E-state index in [9.17, 15) is 9.90 Å². The lowest BCUT2D eigenvalue weighted by Crippen LogP contribution is -2.38. The number of carbonyl (C=O) groups is 1. The molecule has 1 unspecified atom stereocenters. The van der Waals surface area contributed by atoms with Crippen molar-refractivity contribution in [2.45, 2.75) is 39.3 Å². The minimum Gasteiger partial charge on any atom is -0.451 e. The van der Waals surface area contributed by atoms with Crippen molar-refractivity contribution in [3.8, 4) is 11.3 Å². The molecule has 6 heteroatoms. The Morgan fingerprint density at radius 2 is 2.04 bits per heavy atom. The molecule has 1 aliphatic heterocycles. The number of benzene rings is 1. The first-order chi connectivity index (χ1) is 11.4. The maximum atomic E-state index is 12.0. The molecule has 126 valence electrons. The maximum absolute atomic E-state index is 12.0. The van der Waals surface area contributed by atoms with Gasteiger partial charge in [0.15, 0.2) is 5.60 Å². The van der Waals surface area contributed by atoms with Gasteiger partial charge in [-0.2, -0.15) is 0 Å². The number of cyclic esters (lactones) is 1. The Balaban J connectivity index is 1.82. The zero-order valence-corrected chi connectivity index (χ0v) is 14.1. The first kappa shape index (κ1) is 16.4. The second-order valence-corrected chi connectivity index (χ2v) is 6.55. The zero-order valence-electron chi connectivity index (χ0n) is 14.1. The van der Waals surface area contributed by atoms with Crippen LogP contribution >= 0.6 is 0 Å². The molecule has 0 bridgehead atoms. The fourth-order valence-corrected chi connectivity index (χ4v) is 2.82. The van der Waals surface area contributed by atoms with Gasteiger partial charge in [0.1, 0.15) is 5.69 Å². The second kappa shape index (κ2) is 6.20. The average Bonchev–Trinajstić information content (AvgIpc) is 3.13. The van der Waals surface area contributed by atoms with E-state index in [4.69, 9.17) is 4.74 Å². The van der Waals surface area contributed by atoms with E-state index in [2.05, 4.69) is 10.3 Å². The number of ether oxygens (including phenoxy) is 1. The van der Waals surface area contributed by atoms with Crippen LogP contribution in [-0.2, 0) is 16.1 Å². The number of aromatic nitrogens is 3. The van der Waals surface area contributed by atoms with Crippen molar-refractivity contribution in [3.05, 3.63) is 47.2 Å². The van der Waals surface area contributed by atoms with Crippen LogP contribution in [0.1, 0.15) is 25.8 Å². The number of aliphatic hydroxyl groups excluding tert-OH is 1. The number of allylic oxidation sites excluding steroid dienone is 1. The van der Waals surface area contributed by atoms with Gasteiger partial charge in [-0.05, 0) is 20.8 Å². The summed E-state index contributed by atoms with van der Waals surface area (Å²) in [5, 5.41) is 18.1. The monoisotopic (exact) mass is 327 g/mol. The van der Waals surface area contributed by atoms with Crippen LogP contribution in [0.5, 0.6) is 0 Å². The molecule has 2 aromatic rings. The smallest absolute Gasteiger partial charge is 0.334 e. The van der Waals surface area contributed by atoms with Crippen LogP contribution in [0.2, 0.25) is 0 Å². The van der Waals surface area contributed by atoms with Gasteiger partial charge in [-0.25, -0.2) is 9.48 Å². The van der Waals surface area contributed by atoms with E-state index in [1.807, 2.05) is 45.0 Å². The van der Waals surface area contributed by atoms with Crippen molar-refractivity contribution in [2.75, 3.05) is 6.61 Å². The normalized spacial score (nSPS) is 20.3. The van der Waals surface area contributed by atoms with Crippen LogP contribution in [-0.4, -0.2) is 38.3 Å². The van der Waals surface area contributed by atoms with E-state index < -0.39 is 5.60 Å². The highest BCUT2D eigenvalue weighted by molar-refractivity contribution is 5.92. The third kappa shape index (κ3) is 3.10. The average molecular weight is 327 g/mol. The second-order valence-electron chi connectivity index (χ2n) is 6.55. The van der Waals surface area contributed by atoms with E-state index >= 15 is 0 Å². The zero-order chi connectivity index (χ0) is 17.3. The minimum atomic E-state index is -0.970. The SMILES string of the molecule is CC(C)=C1CC(CO)(Cn2cc(-c3ccc(C)cc3)nn2)OC1=O. The number of aliphatic hydroxyl groups is 1. The molecule has 0 amide bonds. The summed E-state index contributed by atoms with van der Waals surface area (Å²) in [6, 6.07) is 8.01. The van der Waals surface area contributed by atoms with Crippen LogP contribution < -0.4 is 0 Å². The van der Waals surface area contributed by atoms with Crippen molar-refractivity contribution < 1.29 is 14.6 Å². The molecule has 1 aromatic heterocycles. The summed E-state index contributed by atoms with van der Waals surface area (Å²) in [4.78, 5) is 12.0. The standard InChI is InChI=1S/C18H21N3O3/c1-12(2)15-8-18(11-22,24-17(15)23)10-21-9-16(19-20-21)14-6-4-13(3)5-7-14/h4-7,9,22H,8,10-11H2,1-3H3. The summed E-state index contributed by atoms with van der Waals surface area (Å²) < 4.78 is 7.09. The largest absolute Gasteiger partial charge is 0.451 e. The Hall–Kier alpha value is -2.47. The molecule has 1 aromatic carbocycles. The number of aryl methyl sites for hydroxylation is 1. The molecule has 0 radical (unpaired) electrons. The molecule has 1 atom stereocenters. The Morgan fingerprint density at radius 3 is 2.62 bits per heavy atom. The lowest BCUT2D eigenvalue weighted by molar-refractivity contribution is -0.151. The van der Waals surface area contributed by atoms with Crippen molar-refractivity contribution in [3.63, 3.8) is 0 Å². The number of esters is 1. The predicted molar refractivity (Wildman–Crippen MR) is 89.1 cm³/mol. The van der Waals surface area contributed by atoms with Crippen molar-refractivity contribution in [1.29, 1.82) is 0 Å². The van der Waals surface area contributed by atoms with Gasteiger partial charge in [0.25, 0.3) is 0 Å². The molecule has 1 aliphatic rings. The van der Waals surface area contributed by atoms with Crippen molar-refractivity contribution in [1.82, 2.24) is 15.0 Å². The molecule has 2 heterocycles. The van der Waals surface area contributed by atoms with Gasteiger partial charge in [0.05, 0.1) is 19.3 Å². The number of carbonyl (C=O) groups excluding carboxylic acids is 1. The van der Waals surface area contributed by atoms with Gasteiger partial charge in [-0.15, -0.1) is 5.10 Å². The molecular formula is C18H21N3O3. The van der Waals surface area contributed by atoms with Gasteiger partial charge < -0.3 is 9.84 Å². The molecule has 3 rings (SSSR count). The summed E-state index contributed by atoms with van der Waals surface area (Å²) in [7, 11) is 0. The van der Waals surface area contributed by atoms with Crippen LogP contribution in [0.15, 0.2) is 41.6 Å². The third-order valence-electron chi connectivity index (χ3n) is 4.28. The molecule has 1 N–H and O–H groups in total. The Bertz CT molecular complexity index is 788. The van der Waals surface area contributed by atoms with Gasteiger partial charge in [0, 0.05) is 17.6 Å². The summed E-state index contributed by atoms with van der Waals surface area (Å²) >= 11 is 0. The summed E-state index contributed by atoms with van der Waals surface area (Å²) in [6.07, 6.45) is 2.18. The van der Waals surface area contributed by atoms with Crippen molar-refractivity contribution >= 4 is 5.97 Å². The quantitative estimate of drug-likeness (QED) is 0.688. The summed E-state index contributed by atoms with van der Waals surface area (Å²) in [5.74, 6) is -0.358. The summed E-state index contributed by atoms with van der Waals surface area (Å²) in [6.45, 7) is 5.78. The Labute approximate surface area is 140 Å².